The van der Waals surface area contributed by atoms with Gasteiger partial charge in [-0.1, -0.05) is 25.3 Å². The lowest BCUT2D eigenvalue weighted by Gasteiger charge is -2.36. The highest BCUT2D eigenvalue weighted by Gasteiger charge is 2.41. The Kier molecular flexibility index (Phi) is 6.15. The van der Waals surface area contributed by atoms with Crippen LogP contribution >= 0.6 is 0 Å². The minimum atomic E-state index is -0.686. The summed E-state index contributed by atoms with van der Waals surface area (Å²) in [5.74, 6) is -0.319. The van der Waals surface area contributed by atoms with Crippen molar-refractivity contribution in [2.75, 3.05) is 6.54 Å². The highest BCUT2D eigenvalue weighted by Crippen LogP contribution is 2.44. The predicted octanol–water partition coefficient (Wildman–Crippen LogP) is 3.02. The van der Waals surface area contributed by atoms with Crippen LogP contribution in [0, 0.1) is 6.92 Å². The molecule has 7 nitrogen and oxygen atoms in total. The molecule has 0 unspecified atom stereocenters. The zero-order chi connectivity index (χ0) is 21.0. The van der Waals surface area contributed by atoms with Crippen molar-refractivity contribution in [2.45, 2.75) is 57.3 Å². The number of hydrogen-bond donors (Lipinski definition) is 4. The van der Waals surface area contributed by atoms with Crippen LogP contribution in [-0.4, -0.2) is 27.8 Å². The van der Waals surface area contributed by atoms with E-state index < -0.39 is 16.6 Å². The van der Waals surface area contributed by atoms with Gasteiger partial charge in [-0.05, 0) is 43.9 Å². The molecule has 1 aromatic carbocycles. The molecule has 1 aliphatic rings. The summed E-state index contributed by atoms with van der Waals surface area (Å²) in [7, 11) is 0. The summed E-state index contributed by atoms with van der Waals surface area (Å²) in [6, 6.07) is 5.81. The Morgan fingerprint density at radius 3 is 2.52 bits per heavy atom. The molecule has 3 rings (SSSR count). The first kappa shape index (κ1) is 20.8. The third-order valence-electron chi connectivity index (χ3n) is 5.61. The van der Waals surface area contributed by atoms with E-state index in [9.17, 15) is 24.9 Å². The van der Waals surface area contributed by atoms with E-state index in [1.54, 1.807) is 13.0 Å². The molecule has 1 saturated carbocycles. The topological polar surface area (TPSA) is 120 Å². The van der Waals surface area contributed by atoms with E-state index in [0.29, 0.717) is 31.6 Å². The summed E-state index contributed by atoms with van der Waals surface area (Å²) in [5, 5.41) is 32.1. The van der Waals surface area contributed by atoms with Gasteiger partial charge in [0.05, 0.1) is 0 Å². The van der Waals surface area contributed by atoms with E-state index in [1.165, 1.54) is 18.2 Å². The van der Waals surface area contributed by atoms with Crippen LogP contribution in [0.3, 0.4) is 0 Å². The fourth-order valence-corrected chi connectivity index (χ4v) is 4.12. The van der Waals surface area contributed by atoms with Gasteiger partial charge in [0.25, 0.3) is 0 Å². The van der Waals surface area contributed by atoms with Gasteiger partial charge in [0.15, 0.2) is 17.3 Å². The molecule has 0 atom stereocenters. The van der Waals surface area contributed by atoms with E-state index in [2.05, 4.69) is 5.32 Å². The van der Waals surface area contributed by atoms with Crippen molar-refractivity contribution in [3.8, 4) is 17.2 Å². The number of amides is 1. The molecule has 0 radical (unpaired) electrons. The zero-order valence-electron chi connectivity index (χ0n) is 16.5. The molecule has 1 fully saturated rings. The predicted molar refractivity (Wildman–Crippen MR) is 107 cm³/mol. The van der Waals surface area contributed by atoms with Crippen molar-refractivity contribution in [1.29, 1.82) is 0 Å². The van der Waals surface area contributed by atoms with Gasteiger partial charge in [-0.15, -0.1) is 0 Å². The number of phenols is 2. The number of hydrogen-bond acceptors (Lipinski definition) is 6. The summed E-state index contributed by atoms with van der Waals surface area (Å²) in [6.07, 6.45) is 4.82. The van der Waals surface area contributed by atoms with Crippen LogP contribution in [0.15, 0.2) is 33.5 Å². The van der Waals surface area contributed by atoms with Crippen LogP contribution in [0.5, 0.6) is 17.2 Å². The van der Waals surface area contributed by atoms with Crippen molar-refractivity contribution in [3.05, 3.63) is 51.6 Å². The van der Waals surface area contributed by atoms with Gasteiger partial charge in [0, 0.05) is 24.4 Å². The summed E-state index contributed by atoms with van der Waals surface area (Å²) < 4.78 is 5.75. The van der Waals surface area contributed by atoms with Gasteiger partial charge in [-0.25, -0.2) is 0 Å². The van der Waals surface area contributed by atoms with Crippen molar-refractivity contribution in [1.82, 2.24) is 5.32 Å². The number of aromatic hydroxyl groups is 3. The number of carbonyl (C=O) groups is 1. The van der Waals surface area contributed by atoms with Crippen molar-refractivity contribution in [3.63, 3.8) is 0 Å². The molecule has 1 aromatic heterocycles. The first-order chi connectivity index (χ1) is 13.8. The van der Waals surface area contributed by atoms with Gasteiger partial charge in [-0.3, -0.25) is 9.59 Å². The molecule has 0 bridgehead atoms. The maximum absolute atomic E-state index is 12.7. The first-order valence-corrected chi connectivity index (χ1v) is 9.92. The van der Waals surface area contributed by atoms with Gasteiger partial charge >= 0.3 is 0 Å². The molecule has 1 aliphatic carbocycles. The summed E-state index contributed by atoms with van der Waals surface area (Å²) in [4.78, 5) is 24.7. The third-order valence-corrected chi connectivity index (χ3v) is 5.61. The van der Waals surface area contributed by atoms with Gasteiger partial charge in [0.2, 0.25) is 17.1 Å². The fraction of sp³-hybridized carbons (Fsp3) is 0.455. The van der Waals surface area contributed by atoms with Gasteiger partial charge < -0.3 is 25.1 Å². The summed E-state index contributed by atoms with van der Waals surface area (Å²) >= 11 is 0. The van der Waals surface area contributed by atoms with Crippen LogP contribution in [0.1, 0.15) is 55.6 Å². The lowest BCUT2D eigenvalue weighted by molar-refractivity contribution is -0.122. The van der Waals surface area contributed by atoms with E-state index in [1.807, 2.05) is 0 Å². The van der Waals surface area contributed by atoms with Crippen molar-refractivity contribution in [2.24, 2.45) is 0 Å². The monoisotopic (exact) mass is 401 g/mol. The molecule has 1 heterocycles. The molecule has 0 aliphatic heterocycles. The van der Waals surface area contributed by atoms with Crippen LogP contribution in [0.25, 0.3) is 0 Å². The number of nitrogens with one attached hydrogen (secondary N) is 1. The first-order valence-electron chi connectivity index (χ1n) is 9.92. The molecule has 0 saturated heterocycles. The smallest absolute Gasteiger partial charge is 0.227 e. The van der Waals surface area contributed by atoms with E-state index >= 15 is 0 Å². The summed E-state index contributed by atoms with van der Waals surface area (Å²) in [6.45, 7) is 2.02. The minimum absolute atomic E-state index is 0.133. The van der Waals surface area contributed by atoms with Crippen LogP contribution in [-0.2, 0) is 16.6 Å². The standard InChI is InChI=1S/C22H27NO6/c1-14-11-18(26)20(28)21(29-14)22(8-3-2-4-9-22)13-19(27)23-10-7-15-5-6-16(24)17(25)12-15/h5-6,11-12,24-25,28H,2-4,7-10,13H2,1H3,(H,23,27). The zero-order valence-corrected chi connectivity index (χ0v) is 16.5. The Hall–Kier alpha value is -2.96. The Morgan fingerprint density at radius 1 is 1.10 bits per heavy atom. The molecule has 1 amide bonds. The second kappa shape index (κ2) is 8.59. The van der Waals surface area contributed by atoms with Crippen LogP contribution < -0.4 is 10.7 Å². The number of carbonyl (C=O) groups excluding carboxylic acids is 1. The third kappa shape index (κ3) is 4.72. The van der Waals surface area contributed by atoms with E-state index in [-0.39, 0.29) is 29.6 Å². The maximum Gasteiger partial charge on any atom is 0.227 e. The molecule has 2 aromatic rings. The Labute approximate surface area is 169 Å². The Bertz CT molecular complexity index is 943. The molecule has 4 N–H and O–H groups in total. The number of benzene rings is 1. The highest BCUT2D eigenvalue weighted by atomic mass is 16.4. The van der Waals surface area contributed by atoms with Crippen LogP contribution in [0.2, 0.25) is 0 Å². The highest BCUT2D eigenvalue weighted by molar-refractivity contribution is 5.77. The molecular formula is C22H27NO6. The lowest BCUT2D eigenvalue weighted by atomic mass is 9.69. The Morgan fingerprint density at radius 2 is 1.83 bits per heavy atom. The average molecular weight is 401 g/mol. The number of rotatable bonds is 6. The largest absolute Gasteiger partial charge is 0.504 e. The molecule has 29 heavy (non-hydrogen) atoms. The van der Waals surface area contributed by atoms with Crippen molar-refractivity contribution < 1.29 is 24.5 Å². The van der Waals surface area contributed by atoms with Gasteiger partial charge in [-0.2, -0.15) is 0 Å². The molecule has 0 spiro atoms. The van der Waals surface area contributed by atoms with Crippen LogP contribution in [0.4, 0.5) is 0 Å². The van der Waals surface area contributed by atoms with E-state index in [0.717, 1.165) is 24.8 Å². The summed E-state index contributed by atoms with van der Waals surface area (Å²) in [5.41, 5.74) is -0.384. The molecule has 156 valence electrons. The number of phenolic OH excluding ortho intramolecular Hbond substituents is 2. The van der Waals surface area contributed by atoms with Crippen molar-refractivity contribution >= 4 is 5.91 Å². The minimum Gasteiger partial charge on any atom is -0.504 e. The lowest BCUT2D eigenvalue weighted by Crippen LogP contribution is -2.38. The quantitative estimate of drug-likeness (QED) is 0.552. The maximum atomic E-state index is 12.7. The number of aryl methyl sites for hydroxylation is 1. The molecular weight excluding hydrogens is 374 g/mol. The average Bonchev–Trinajstić information content (AvgIpc) is 2.68. The second-order valence-corrected chi connectivity index (χ2v) is 7.84. The molecule has 7 heteroatoms. The van der Waals surface area contributed by atoms with E-state index in [4.69, 9.17) is 4.42 Å². The van der Waals surface area contributed by atoms with Gasteiger partial charge in [0.1, 0.15) is 5.76 Å². The fourth-order valence-electron chi connectivity index (χ4n) is 4.12. The normalized spacial score (nSPS) is 15.8. The Balaban J connectivity index is 1.71. The SMILES string of the molecule is Cc1cc(=O)c(O)c(C2(CC(=O)NCCc3ccc(O)c(O)c3)CCCCC2)o1. The second-order valence-electron chi connectivity index (χ2n) is 7.84.